The Morgan fingerprint density at radius 2 is 2.00 bits per heavy atom. The second kappa shape index (κ2) is 6.15. The summed E-state index contributed by atoms with van der Waals surface area (Å²) in [4.78, 5) is 11.9. The molecule has 1 N–H and O–H groups in total. The highest BCUT2D eigenvalue weighted by Gasteiger charge is 2.17. The van der Waals surface area contributed by atoms with Crippen molar-refractivity contribution < 1.29 is 9.21 Å². The van der Waals surface area contributed by atoms with Gasteiger partial charge in [-0.2, -0.15) is 0 Å². The molecule has 0 aliphatic heterocycles. The second-order valence-corrected chi connectivity index (χ2v) is 4.13. The van der Waals surface area contributed by atoms with Crippen molar-refractivity contribution in [2.45, 2.75) is 40.0 Å². The Hall–Kier alpha value is -1.69. The molecule has 0 saturated carbocycles. The summed E-state index contributed by atoms with van der Waals surface area (Å²) in [6.07, 6.45) is 7.77. The highest BCUT2D eigenvalue weighted by atomic mass is 16.3. The summed E-state index contributed by atoms with van der Waals surface area (Å²) in [5.74, 6) is 4.01. The Bertz CT molecular complexity index is 438. The fourth-order valence-corrected chi connectivity index (χ4v) is 1.77. The number of amides is 1. The largest absolute Gasteiger partial charge is 0.466 e. The van der Waals surface area contributed by atoms with Crippen LogP contribution in [0.4, 0.5) is 0 Å². The summed E-state index contributed by atoms with van der Waals surface area (Å²) < 4.78 is 5.42. The summed E-state index contributed by atoms with van der Waals surface area (Å²) in [5, 5.41) is 2.89. The zero-order valence-corrected chi connectivity index (χ0v) is 10.7. The van der Waals surface area contributed by atoms with Crippen molar-refractivity contribution in [2.24, 2.45) is 0 Å². The van der Waals surface area contributed by atoms with Crippen molar-refractivity contribution in [3.05, 3.63) is 22.6 Å². The van der Waals surface area contributed by atoms with E-state index in [1.807, 2.05) is 20.8 Å². The molecule has 0 atom stereocenters. The maximum Gasteiger partial charge on any atom is 0.255 e. The Balaban J connectivity index is 2.50. The van der Waals surface area contributed by atoms with E-state index < -0.39 is 0 Å². The molecule has 0 aromatic carbocycles. The molecule has 0 aliphatic rings. The van der Waals surface area contributed by atoms with Gasteiger partial charge in [0.1, 0.15) is 11.5 Å². The lowest BCUT2D eigenvalue weighted by molar-refractivity contribution is 0.0951. The number of rotatable bonds is 5. The van der Waals surface area contributed by atoms with Crippen LogP contribution >= 0.6 is 0 Å². The molecule has 3 nitrogen and oxygen atoms in total. The first-order valence-electron chi connectivity index (χ1n) is 5.86. The van der Waals surface area contributed by atoms with Crippen molar-refractivity contribution >= 4 is 5.91 Å². The van der Waals surface area contributed by atoms with E-state index in [-0.39, 0.29) is 5.91 Å². The van der Waals surface area contributed by atoms with Gasteiger partial charge >= 0.3 is 0 Å². The number of carbonyl (C=O) groups excluding carboxylic acids is 1. The Morgan fingerprint density at radius 3 is 2.53 bits per heavy atom. The second-order valence-electron chi connectivity index (χ2n) is 4.13. The van der Waals surface area contributed by atoms with Crippen LogP contribution in [0.5, 0.6) is 0 Å². The van der Waals surface area contributed by atoms with Gasteiger partial charge in [0.05, 0.1) is 5.56 Å². The lowest BCUT2D eigenvalue weighted by Crippen LogP contribution is -2.25. The van der Waals surface area contributed by atoms with E-state index in [1.54, 1.807) is 0 Å². The first kappa shape index (κ1) is 13.4. The van der Waals surface area contributed by atoms with Crippen LogP contribution in [0.3, 0.4) is 0 Å². The number of aryl methyl sites for hydroxylation is 2. The van der Waals surface area contributed by atoms with Gasteiger partial charge < -0.3 is 9.73 Å². The van der Waals surface area contributed by atoms with E-state index in [9.17, 15) is 4.79 Å². The molecule has 0 spiro atoms. The smallest absolute Gasteiger partial charge is 0.255 e. The number of furan rings is 1. The molecule has 1 amide bonds. The summed E-state index contributed by atoms with van der Waals surface area (Å²) in [6, 6.07) is 0. The van der Waals surface area contributed by atoms with Crippen LogP contribution in [0.2, 0.25) is 0 Å². The summed E-state index contributed by atoms with van der Waals surface area (Å²) in [5.41, 5.74) is 1.59. The van der Waals surface area contributed by atoms with Gasteiger partial charge in [-0.05, 0) is 33.6 Å². The summed E-state index contributed by atoms with van der Waals surface area (Å²) in [7, 11) is 0. The normalized spacial score (nSPS) is 10.0. The van der Waals surface area contributed by atoms with Gasteiger partial charge in [0.15, 0.2) is 0 Å². The molecule has 0 unspecified atom stereocenters. The van der Waals surface area contributed by atoms with Crippen LogP contribution in [0.15, 0.2) is 4.42 Å². The minimum absolute atomic E-state index is 0.0578. The Kier molecular flexibility index (Phi) is 4.84. The van der Waals surface area contributed by atoms with Gasteiger partial charge in [-0.3, -0.25) is 4.79 Å². The van der Waals surface area contributed by atoms with Crippen LogP contribution in [0.1, 0.15) is 46.7 Å². The van der Waals surface area contributed by atoms with E-state index in [1.165, 1.54) is 0 Å². The molecular weight excluding hydrogens is 214 g/mol. The average Bonchev–Trinajstić information content (AvgIpc) is 2.53. The SMILES string of the molecule is C#CCCCCNC(=O)c1c(C)oc(C)c1C. The third-order valence-corrected chi connectivity index (χ3v) is 2.82. The van der Waals surface area contributed by atoms with Crippen LogP contribution in [-0.4, -0.2) is 12.5 Å². The van der Waals surface area contributed by atoms with E-state index in [4.69, 9.17) is 10.8 Å². The van der Waals surface area contributed by atoms with Gasteiger partial charge in [-0.15, -0.1) is 12.3 Å². The standard InChI is InChI=1S/C14H19NO2/c1-5-6-7-8-9-15-14(16)13-10(2)11(3)17-12(13)4/h1H,6-9H2,2-4H3,(H,15,16). The predicted octanol–water partition coefficient (Wildman–Crippen LogP) is 2.74. The first-order valence-corrected chi connectivity index (χ1v) is 5.86. The Labute approximate surface area is 103 Å². The van der Waals surface area contributed by atoms with Crippen LogP contribution in [-0.2, 0) is 0 Å². The quantitative estimate of drug-likeness (QED) is 0.627. The maximum atomic E-state index is 11.9. The van der Waals surface area contributed by atoms with Gasteiger partial charge in [0, 0.05) is 18.5 Å². The van der Waals surface area contributed by atoms with Crippen molar-refractivity contribution in [1.82, 2.24) is 5.32 Å². The van der Waals surface area contributed by atoms with E-state index >= 15 is 0 Å². The summed E-state index contributed by atoms with van der Waals surface area (Å²) in [6.45, 7) is 6.24. The zero-order chi connectivity index (χ0) is 12.8. The molecule has 1 aromatic heterocycles. The minimum atomic E-state index is -0.0578. The molecule has 1 aromatic rings. The first-order chi connectivity index (χ1) is 8.07. The number of hydrogen-bond donors (Lipinski definition) is 1. The molecule has 0 radical (unpaired) electrons. The third-order valence-electron chi connectivity index (χ3n) is 2.82. The number of hydrogen-bond acceptors (Lipinski definition) is 2. The molecule has 92 valence electrons. The highest BCUT2D eigenvalue weighted by molar-refractivity contribution is 5.96. The van der Waals surface area contributed by atoms with Gasteiger partial charge in [-0.25, -0.2) is 0 Å². The molecule has 1 heterocycles. The Morgan fingerprint density at radius 1 is 1.29 bits per heavy atom. The molecule has 0 aliphatic carbocycles. The number of unbranched alkanes of at least 4 members (excludes halogenated alkanes) is 2. The lowest BCUT2D eigenvalue weighted by Gasteiger charge is -2.04. The predicted molar refractivity (Wildman–Crippen MR) is 67.9 cm³/mol. The molecule has 17 heavy (non-hydrogen) atoms. The summed E-state index contributed by atoms with van der Waals surface area (Å²) >= 11 is 0. The fourth-order valence-electron chi connectivity index (χ4n) is 1.77. The monoisotopic (exact) mass is 233 g/mol. The molecule has 0 bridgehead atoms. The molecule has 3 heteroatoms. The topological polar surface area (TPSA) is 42.2 Å². The van der Waals surface area contributed by atoms with Crippen molar-refractivity contribution in [3.8, 4) is 12.3 Å². The van der Waals surface area contributed by atoms with Crippen LogP contribution in [0.25, 0.3) is 0 Å². The molecule has 0 saturated heterocycles. The van der Waals surface area contributed by atoms with E-state index in [0.29, 0.717) is 17.9 Å². The molecule has 1 rings (SSSR count). The number of nitrogens with one attached hydrogen (secondary N) is 1. The fraction of sp³-hybridized carbons (Fsp3) is 0.500. The molecular formula is C14H19NO2. The van der Waals surface area contributed by atoms with E-state index in [2.05, 4.69) is 11.2 Å². The van der Waals surface area contributed by atoms with Gasteiger partial charge in [0.25, 0.3) is 5.91 Å². The van der Waals surface area contributed by atoms with Gasteiger partial charge in [0.2, 0.25) is 0 Å². The van der Waals surface area contributed by atoms with Crippen LogP contribution in [0, 0.1) is 33.1 Å². The molecule has 0 fully saturated rings. The lowest BCUT2D eigenvalue weighted by atomic mass is 10.1. The van der Waals surface area contributed by atoms with Crippen molar-refractivity contribution in [3.63, 3.8) is 0 Å². The minimum Gasteiger partial charge on any atom is -0.466 e. The van der Waals surface area contributed by atoms with Crippen molar-refractivity contribution in [1.29, 1.82) is 0 Å². The average molecular weight is 233 g/mol. The van der Waals surface area contributed by atoms with Crippen molar-refractivity contribution in [2.75, 3.05) is 6.54 Å². The zero-order valence-electron chi connectivity index (χ0n) is 10.7. The van der Waals surface area contributed by atoms with Gasteiger partial charge in [-0.1, -0.05) is 0 Å². The number of terminal acetylenes is 1. The third kappa shape index (κ3) is 3.39. The van der Waals surface area contributed by atoms with Crippen LogP contribution < -0.4 is 5.32 Å². The van der Waals surface area contributed by atoms with E-state index in [0.717, 1.165) is 30.6 Å². The maximum absolute atomic E-state index is 11.9. The highest BCUT2D eigenvalue weighted by Crippen LogP contribution is 2.20. The number of carbonyl (C=O) groups is 1.